The minimum absolute atomic E-state index is 0.0458. The Morgan fingerprint density at radius 3 is 1.76 bits per heavy atom. The first-order chi connectivity index (χ1) is 17.9. The van der Waals surface area contributed by atoms with Gasteiger partial charge in [0.25, 0.3) is 0 Å². The monoisotopic (exact) mass is 478 g/mol. The lowest BCUT2D eigenvalue weighted by molar-refractivity contribution is 0.632. The number of aryl methyl sites for hydroxylation is 2. The van der Waals surface area contributed by atoms with Crippen molar-refractivity contribution in [3.63, 3.8) is 0 Å². The van der Waals surface area contributed by atoms with Gasteiger partial charge in [0.15, 0.2) is 0 Å². The fourth-order valence-electron chi connectivity index (χ4n) is 6.26. The molecule has 0 spiro atoms. The Kier molecular flexibility index (Phi) is 4.65. The number of aromatic nitrogens is 1. The van der Waals surface area contributed by atoms with Gasteiger partial charge in [0.1, 0.15) is 0 Å². The quantitative estimate of drug-likeness (QED) is 0.241. The van der Waals surface area contributed by atoms with Crippen molar-refractivity contribution in [2.24, 2.45) is 7.05 Å². The van der Waals surface area contributed by atoms with Crippen LogP contribution in [-0.2, 0) is 12.5 Å². The smallest absolute Gasteiger partial charge is 0.0502 e. The molecule has 0 amide bonds. The molecule has 0 fully saturated rings. The fourth-order valence-corrected chi connectivity index (χ4v) is 6.26. The zero-order chi connectivity index (χ0) is 25.3. The summed E-state index contributed by atoms with van der Waals surface area (Å²) in [4.78, 5) is 2.41. The van der Waals surface area contributed by atoms with Crippen LogP contribution in [0.3, 0.4) is 0 Å². The summed E-state index contributed by atoms with van der Waals surface area (Å²) in [5.41, 5.74) is 12.7. The number of para-hydroxylation sites is 2. The van der Waals surface area contributed by atoms with E-state index in [2.05, 4.69) is 146 Å². The molecule has 2 heteroatoms. The van der Waals surface area contributed by atoms with Crippen molar-refractivity contribution in [1.82, 2.24) is 4.57 Å². The maximum absolute atomic E-state index is 2.41. The summed E-state index contributed by atoms with van der Waals surface area (Å²) in [6.07, 6.45) is 0. The Bertz CT molecular complexity index is 1770. The van der Waals surface area contributed by atoms with Gasteiger partial charge in [0, 0.05) is 40.0 Å². The fraction of sp³-hybridized carbons (Fsp3) is 0.143. The van der Waals surface area contributed by atoms with Gasteiger partial charge < -0.3 is 9.47 Å². The van der Waals surface area contributed by atoms with E-state index in [0.29, 0.717) is 0 Å². The molecule has 6 aromatic rings. The second kappa shape index (κ2) is 7.85. The van der Waals surface area contributed by atoms with Crippen LogP contribution in [0.2, 0.25) is 0 Å². The lowest BCUT2D eigenvalue weighted by Crippen LogP contribution is -2.30. The number of nitrogens with zero attached hydrogens (tertiary/aromatic N) is 2. The van der Waals surface area contributed by atoms with Crippen LogP contribution in [-0.4, -0.2) is 4.57 Å². The summed E-state index contributed by atoms with van der Waals surface area (Å²) < 4.78 is 2.30. The number of fused-ring (bicyclic) bond motifs is 5. The first kappa shape index (κ1) is 21.9. The van der Waals surface area contributed by atoms with E-state index in [1.54, 1.807) is 0 Å². The molecule has 0 N–H and O–H groups in total. The van der Waals surface area contributed by atoms with Crippen molar-refractivity contribution in [1.29, 1.82) is 0 Å². The third-order valence-electron chi connectivity index (χ3n) is 8.26. The molecule has 0 atom stereocenters. The van der Waals surface area contributed by atoms with Gasteiger partial charge in [-0.1, -0.05) is 80.1 Å². The summed E-state index contributed by atoms with van der Waals surface area (Å²) in [6.45, 7) is 6.82. The van der Waals surface area contributed by atoms with Gasteiger partial charge in [-0.05, 0) is 77.7 Å². The Morgan fingerprint density at radius 2 is 1.11 bits per heavy atom. The highest BCUT2D eigenvalue weighted by Crippen LogP contribution is 2.51. The molecule has 1 aliphatic heterocycles. The maximum atomic E-state index is 2.41. The third-order valence-corrected chi connectivity index (χ3v) is 8.26. The topological polar surface area (TPSA) is 8.17 Å². The van der Waals surface area contributed by atoms with Gasteiger partial charge in [0.2, 0.25) is 0 Å². The molecule has 0 saturated heterocycles. The summed E-state index contributed by atoms with van der Waals surface area (Å²) in [7, 11) is 2.16. The molecule has 2 nitrogen and oxygen atoms in total. The second-order valence-electron chi connectivity index (χ2n) is 10.9. The van der Waals surface area contributed by atoms with Crippen LogP contribution in [0, 0.1) is 6.92 Å². The standard InChI is InChI=1S/C35H30N2/c1-23-13-19-31-27(21-23)28-22-25(16-20-32(28)36(31)4)24-14-17-26(18-15-24)37-33-11-7-5-9-29(33)35(2,3)30-10-6-8-12-34(30)37/h5-22H,1-4H3. The van der Waals surface area contributed by atoms with E-state index in [9.17, 15) is 0 Å². The van der Waals surface area contributed by atoms with Crippen molar-refractivity contribution >= 4 is 38.9 Å². The highest BCUT2D eigenvalue weighted by Gasteiger charge is 2.36. The normalized spacial score (nSPS) is 14.1. The first-order valence-electron chi connectivity index (χ1n) is 13.0. The number of benzene rings is 5. The second-order valence-corrected chi connectivity index (χ2v) is 10.9. The zero-order valence-electron chi connectivity index (χ0n) is 21.8. The highest BCUT2D eigenvalue weighted by molar-refractivity contribution is 6.09. The van der Waals surface area contributed by atoms with Crippen LogP contribution in [0.4, 0.5) is 17.1 Å². The van der Waals surface area contributed by atoms with Crippen molar-refractivity contribution < 1.29 is 0 Å². The molecule has 1 aromatic heterocycles. The number of anilines is 3. The molecule has 0 aliphatic carbocycles. The Labute approximate surface area is 218 Å². The minimum atomic E-state index is -0.0458. The molecule has 0 saturated carbocycles. The van der Waals surface area contributed by atoms with E-state index in [1.807, 2.05) is 0 Å². The molecule has 2 heterocycles. The molecule has 180 valence electrons. The number of hydrogen-bond donors (Lipinski definition) is 0. The molecular formula is C35H30N2. The van der Waals surface area contributed by atoms with Gasteiger partial charge in [-0.2, -0.15) is 0 Å². The van der Waals surface area contributed by atoms with E-state index in [-0.39, 0.29) is 5.41 Å². The van der Waals surface area contributed by atoms with Gasteiger partial charge in [-0.25, -0.2) is 0 Å². The van der Waals surface area contributed by atoms with Gasteiger partial charge in [-0.15, -0.1) is 0 Å². The average Bonchev–Trinajstić information content (AvgIpc) is 3.20. The van der Waals surface area contributed by atoms with Crippen molar-refractivity contribution in [3.05, 3.63) is 126 Å². The summed E-state index contributed by atoms with van der Waals surface area (Å²) in [5, 5.41) is 2.63. The predicted molar refractivity (Wildman–Crippen MR) is 157 cm³/mol. The SMILES string of the molecule is Cc1ccc2c(c1)c1cc(-c3ccc(N4c5ccccc5C(C)(C)c5ccccc54)cc3)ccc1n2C. The van der Waals surface area contributed by atoms with Crippen LogP contribution in [0.1, 0.15) is 30.5 Å². The van der Waals surface area contributed by atoms with Crippen LogP contribution in [0.25, 0.3) is 32.9 Å². The van der Waals surface area contributed by atoms with Crippen LogP contribution < -0.4 is 4.90 Å². The van der Waals surface area contributed by atoms with Crippen LogP contribution >= 0.6 is 0 Å². The van der Waals surface area contributed by atoms with Gasteiger partial charge >= 0.3 is 0 Å². The van der Waals surface area contributed by atoms with E-state index >= 15 is 0 Å². The van der Waals surface area contributed by atoms with Crippen LogP contribution in [0.5, 0.6) is 0 Å². The van der Waals surface area contributed by atoms with Crippen molar-refractivity contribution in [2.45, 2.75) is 26.2 Å². The summed E-state index contributed by atoms with van der Waals surface area (Å²) in [6, 6.07) is 40.3. The Hall–Kier alpha value is -4.30. The summed E-state index contributed by atoms with van der Waals surface area (Å²) >= 11 is 0. The van der Waals surface area contributed by atoms with Crippen molar-refractivity contribution in [3.8, 4) is 11.1 Å². The molecule has 37 heavy (non-hydrogen) atoms. The molecule has 7 rings (SSSR count). The Balaban J connectivity index is 1.34. The van der Waals surface area contributed by atoms with Crippen molar-refractivity contribution in [2.75, 3.05) is 4.90 Å². The lowest BCUT2D eigenvalue weighted by Gasteiger charge is -2.42. The molecule has 5 aromatic carbocycles. The maximum Gasteiger partial charge on any atom is 0.0502 e. The highest BCUT2D eigenvalue weighted by atomic mass is 15.2. The van der Waals surface area contributed by atoms with Gasteiger partial charge in [0.05, 0.1) is 11.4 Å². The zero-order valence-corrected chi connectivity index (χ0v) is 21.8. The molecule has 0 unspecified atom stereocenters. The van der Waals surface area contributed by atoms with Crippen LogP contribution in [0.15, 0.2) is 109 Å². The minimum Gasteiger partial charge on any atom is -0.344 e. The van der Waals surface area contributed by atoms with E-state index in [4.69, 9.17) is 0 Å². The molecule has 1 aliphatic rings. The molecule has 0 radical (unpaired) electrons. The van der Waals surface area contributed by atoms with E-state index in [1.165, 1.54) is 66.7 Å². The molecular weight excluding hydrogens is 448 g/mol. The third kappa shape index (κ3) is 3.18. The van der Waals surface area contributed by atoms with E-state index < -0.39 is 0 Å². The number of hydrogen-bond acceptors (Lipinski definition) is 1. The first-order valence-corrected chi connectivity index (χ1v) is 13.0. The summed E-state index contributed by atoms with van der Waals surface area (Å²) in [5.74, 6) is 0. The average molecular weight is 479 g/mol. The van der Waals surface area contributed by atoms with E-state index in [0.717, 1.165) is 0 Å². The van der Waals surface area contributed by atoms with Gasteiger partial charge in [-0.3, -0.25) is 0 Å². The number of rotatable bonds is 2. The Morgan fingerprint density at radius 1 is 0.568 bits per heavy atom. The predicted octanol–water partition coefficient (Wildman–Crippen LogP) is 9.42. The largest absolute Gasteiger partial charge is 0.344 e. The lowest BCUT2D eigenvalue weighted by atomic mass is 9.73. The molecule has 0 bridgehead atoms.